The lowest BCUT2D eigenvalue weighted by Crippen LogP contribution is -2.41. The van der Waals surface area contributed by atoms with Gasteiger partial charge in [-0.2, -0.15) is 0 Å². The van der Waals surface area contributed by atoms with E-state index in [1.54, 1.807) is 29.2 Å². The summed E-state index contributed by atoms with van der Waals surface area (Å²) in [5.41, 5.74) is 2.23. The summed E-state index contributed by atoms with van der Waals surface area (Å²) < 4.78 is 10.2. The topological polar surface area (TPSA) is 72.9 Å². The van der Waals surface area contributed by atoms with E-state index in [0.29, 0.717) is 17.2 Å². The van der Waals surface area contributed by atoms with Gasteiger partial charge in [0.2, 0.25) is 0 Å². The molecule has 0 radical (unpaired) electrons. The minimum atomic E-state index is -0.514. The Balaban J connectivity index is 1.56. The minimum absolute atomic E-state index is 0.144. The first-order chi connectivity index (χ1) is 13.9. The number of ether oxygens (including phenoxy) is 2. The number of nitrogens with zero attached hydrogens (tertiary/aromatic N) is 1. The Morgan fingerprint density at radius 1 is 1.00 bits per heavy atom. The molecule has 1 aliphatic heterocycles. The van der Waals surface area contributed by atoms with E-state index in [1.807, 2.05) is 24.3 Å². The maximum atomic E-state index is 12.2. The summed E-state index contributed by atoms with van der Waals surface area (Å²) >= 11 is 0. The molecule has 0 aliphatic carbocycles. The summed E-state index contributed by atoms with van der Waals surface area (Å²) in [6, 6.07) is 14.1. The fourth-order valence-electron chi connectivity index (χ4n) is 3.40. The van der Waals surface area contributed by atoms with Crippen molar-refractivity contribution >= 4 is 17.8 Å². The van der Waals surface area contributed by atoms with E-state index in [2.05, 4.69) is 6.92 Å². The zero-order valence-corrected chi connectivity index (χ0v) is 16.7. The molecule has 1 aliphatic rings. The fraction of sp³-hybridized carbons (Fsp3) is 0.348. The van der Waals surface area contributed by atoms with Crippen LogP contribution in [0.15, 0.2) is 48.5 Å². The molecule has 0 spiro atoms. The normalized spacial score (nSPS) is 16.2. The Labute approximate surface area is 170 Å². The molecule has 1 fully saturated rings. The van der Waals surface area contributed by atoms with E-state index in [-0.39, 0.29) is 18.5 Å². The molecule has 0 bridgehead atoms. The largest absolute Gasteiger partial charge is 0.452 e. The Kier molecular flexibility index (Phi) is 6.65. The van der Waals surface area contributed by atoms with Crippen LogP contribution in [-0.2, 0) is 14.3 Å². The number of rotatable bonds is 5. The van der Waals surface area contributed by atoms with Gasteiger partial charge in [0.1, 0.15) is 5.75 Å². The number of amides is 1. The van der Waals surface area contributed by atoms with Crippen LogP contribution in [0, 0.1) is 5.92 Å². The number of piperidine rings is 1. The molecule has 152 valence electrons. The summed E-state index contributed by atoms with van der Waals surface area (Å²) in [7, 11) is 0. The van der Waals surface area contributed by atoms with Gasteiger partial charge in [-0.05, 0) is 54.2 Å². The first kappa shape index (κ1) is 20.6. The highest BCUT2D eigenvalue weighted by molar-refractivity contribution is 5.92. The second-order valence-electron chi connectivity index (χ2n) is 7.36. The van der Waals surface area contributed by atoms with Crippen molar-refractivity contribution in [1.82, 2.24) is 4.90 Å². The van der Waals surface area contributed by atoms with Crippen LogP contribution in [0.1, 0.15) is 37.0 Å². The van der Waals surface area contributed by atoms with Crippen LogP contribution in [0.2, 0.25) is 0 Å². The molecule has 1 amide bonds. The van der Waals surface area contributed by atoms with Gasteiger partial charge < -0.3 is 14.4 Å². The second kappa shape index (κ2) is 9.37. The number of benzene rings is 2. The highest BCUT2D eigenvalue weighted by Gasteiger charge is 2.22. The molecule has 29 heavy (non-hydrogen) atoms. The Morgan fingerprint density at radius 2 is 1.62 bits per heavy atom. The molecule has 2 aromatic rings. The van der Waals surface area contributed by atoms with E-state index in [4.69, 9.17) is 9.47 Å². The average molecular weight is 395 g/mol. The van der Waals surface area contributed by atoms with E-state index in [0.717, 1.165) is 37.1 Å². The van der Waals surface area contributed by atoms with Crippen LogP contribution in [-0.4, -0.2) is 42.4 Å². The predicted octanol–water partition coefficient (Wildman–Crippen LogP) is 3.69. The highest BCUT2D eigenvalue weighted by atomic mass is 16.5. The number of esters is 2. The van der Waals surface area contributed by atoms with Crippen molar-refractivity contribution in [2.24, 2.45) is 5.92 Å². The highest BCUT2D eigenvalue weighted by Crippen LogP contribution is 2.23. The Bertz CT molecular complexity index is 873. The molecule has 0 saturated carbocycles. The number of hydrogen-bond donors (Lipinski definition) is 0. The predicted molar refractivity (Wildman–Crippen MR) is 108 cm³/mol. The molecule has 1 heterocycles. The molecule has 1 unspecified atom stereocenters. The smallest absolute Gasteiger partial charge is 0.338 e. The van der Waals surface area contributed by atoms with Crippen LogP contribution in [0.25, 0.3) is 11.1 Å². The number of hydrogen-bond acceptors (Lipinski definition) is 5. The van der Waals surface area contributed by atoms with Gasteiger partial charge in [-0.1, -0.05) is 31.2 Å². The number of carbonyl (C=O) groups excluding carboxylic acids is 3. The summed E-state index contributed by atoms with van der Waals surface area (Å²) in [6.45, 7) is 4.70. The van der Waals surface area contributed by atoms with E-state index >= 15 is 0 Å². The SMILES string of the molecule is CC(=O)Oc1ccc(-c2ccc(C(=O)OCC(=O)N3CCCC(C)C3)cc2)cc1. The lowest BCUT2D eigenvalue weighted by atomic mass is 10.0. The third kappa shape index (κ3) is 5.67. The third-order valence-electron chi connectivity index (χ3n) is 4.91. The average Bonchev–Trinajstić information content (AvgIpc) is 2.72. The molecule has 1 saturated heterocycles. The van der Waals surface area contributed by atoms with Crippen molar-refractivity contribution in [3.63, 3.8) is 0 Å². The molecular formula is C23H25NO5. The molecule has 6 heteroatoms. The van der Waals surface area contributed by atoms with Gasteiger partial charge in [-0.3, -0.25) is 9.59 Å². The van der Waals surface area contributed by atoms with Crippen LogP contribution in [0.3, 0.4) is 0 Å². The standard InChI is InChI=1S/C23H25NO5/c1-16-4-3-13-24(14-16)22(26)15-28-23(27)20-7-5-18(6-8-20)19-9-11-21(12-10-19)29-17(2)25/h5-12,16H,3-4,13-15H2,1-2H3. The zero-order valence-electron chi connectivity index (χ0n) is 16.7. The summed E-state index contributed by atoms with van der Waals surface area (Å²) in [4.78, 5) is 37.2. The van der Waals surface area contributed by atoms with Crippen LogP contribution in [0.5, 0.6) is 5.75 Å². The van der Waals surface area contributed by atoms with Crippen molar-refractivity contribution in [2.75, 3.05) is 19.7 Å². The maximum absolute atomic E-state index is 12.2. The molecule has 0 aromatic heterocycles. The van der Waals surface area contributed by atoms with Crippen molar-refractivity contribution in [2.45, 2.75) is 26.7 Å². The summed E-state index contributed by atoms with van der Waals surface area (Å²) in [6.07, 6.45) is 2.12. The van der Waals surface area contributed by atoms with Gasteiger partial charge in [0, 0.05) is 20.0 Å². The van der Waals surface area contributed by atoms with Gasteiger partial charge in [-0.15, -0.1) is 0 Å². The van der Waals surface area contributed by atoms with Crippen molar-refractivity contribution in [3.05, 3.63) is 54.1 Å². The third-order valence-corrected chi connectivity index (χ3v) is 4.91. The summed E-state index contributed by atoms with van der Waals surface area (Å²) in [5.74, 6) is -0.0586. The van der Waals surface area contributed by atoms with E-state index < -0.39 is 5.97 Å². The molecule has 3 rings (SSSR count). The van der Waals surface area contributed by atoms with Crippen molar-refractivity contribution < 1.29 is 23.9 Å². The quantitative estimate of drug-likeness (QED) is 0.570. The van der Waals surface area contributed by atoms with E-state index in [9.17, 15) is 14.4 Å². The number of carbonyl (C=O) groups is 3. The Morgan fingerprint density at radius 3 is 2.21 bits per heavy atom. The maximum Gasteiger partial charge on any atom is 0.338 e. The molecule has 6 nitrogen and oxygen atoms in total. The van der Waals surface area contributed by atoms with Gasteiger partial charge in [0.25, 0.3) is 5.91 Å². The molecule has 1 atom stereocenters. The van der Waals surface area contributed by atoms with Gasteiger partial charge in [0.15, 0.2) is 6.61 Å². The Hall–Kier alpha value is -3.15. The molecule has 2 aromatic carbocycles. The molecular weight excluding hydrogens is 370 g/mol. The van der Waals surface area contributed by atoms with Crippen LogP contribution in [0.4, 0.5) is 0 Å². The van der Waals surface area contributed by atoms with E-state index in [1.165, 1.54) is 6.92 Å². The van der Waals surface area contributed by atoms with Crippen LogP contribution < -0.4 is 4.74 Å². The van der Waals surface area contributed by atoms with Gasteiger partial charge in [-0.25, -0.2) is 4.79 Å². The zero-order chi connectivity index (χ0) is 20.8. The van der Waals surface area contributed by atoms with Gasteiger partial charge >= 0.3 is 11.9 Å². The second-order valence-corrected chi connectivity index (χ2v) is 7.36. The van der Waals surface area contributed by atoms with Crippen molar-refractivity contribution in [1.29, 1.82) is 0 Å². The minimum Gasteiger partial charge on any atom is -0.452 e. The first-order valence-corrected chi connectivity index (χ1v) is 9.76. The van der Waals surface area contributed by atoms with Crippen LogP contribution >= 0.6 is 0 Å². The summed E-state index contributed by atoms with van der Waals surface area (Å²) in [5, 5.41) is 0. The van der Waals surface area contributed by atoms with Crippen molar-refractivity contribution in [3.8, 4) is 16.9 Å². The first-order valence-electron chi connectivity index (χ1n) is 9.76. The fourth-order valence-corrected chi connectivity index (χ4v) is 3.40. The number of likely N-dealkylation sites (tertiary alicyclic amines) is 1. The molecule has 0 N–H and O–H groups in total. The lowest BCUT2D eigenvalue weighted by molar-refractivity contribution is -0.136. The lowest BCUT2D eigenvalue weighted by Gasteiger charge is -2.30. The van der Waals surface area contributed by atoms with Gasteiger partial charge in [0.05, 0.1) is 5.56 Å². The monoisotopic (exact) mass is 395 g/mol.